The molecule has 1 unspecified atom stereocenters. The Morgan fingerprint density at radius 3 is 2.18 bits per heavy atom. The van der Waals surface area contributed by atoms with Crippen LogP contribution < -0.4 is 16.2 Å². The number of nitrogens with two attached hydrogens (primary N) is 2. The minimum absolute atomic E-state index is 0.106. The smallest absolute Gasteiger partial charge is 0.238 e. The summed E-state index contributed by atoms with van der Waals surface area (Å²) in [6.07, 6.45) is 0.875. The Bertz CT molecular complexity index is 464. The van der Waals surface area contributed by atoms with Crippen LogP contribution in [0.1, 0.15) is 20.3 Å². The molecule has 0 heterocycles. The first kappa shape index (κ1) is 14.0. The standard InChI is InChI=1S/C11H19N3O2S/c1-3-11(2,8-12)14-9-4-6-10(7-5-9)17(13,15)16/h4-7,14H,3,8,12H2,1-2H3,(H2,13,15,16). The zero-order valence-electron chi connectivity index (χ0n) is 10.1. The number of nitrogens with one attached hydrogen (secondary N) is 1. The van der Waals surface area contributed by atoms with E-state index in [1.54, 1.807) is 12.1 Å². The van der Waals surface area contributed by atoms with Crippen molar-refractivity contribution in [3.05, 3.63) is 24.3 Å². The molecule has 0 saturated heterocycles. The van der Waals surface area contributed by atoms with Crippen LogP contribution in [-0.2, 0) is 10.0 Å². The van der Waals surface area contributed by atoms with Crippen LogP contribution in [-0.4, -0.2) is 20.5 Å². The average Bonchev–Trinajstić information content (AvgIpc) is 2.28. The number of hydrogen-bond acceptors (Lipinski definition) is 4. The van der Waals surface area contributed by atoms with Crippen LogP contribution in [0.15, 0.2) is 29.2 Å². The van der Waals surface area contributed by atoms with Gasteiger partial charge in [0.1, 0.15) is 0 Å². The molecule has 0 spiro atoms. The Hall–Kier alpha value is -1.11. The lowest BCUT2D eigenvalue weighted by Gasteiger charge is -2.29. The number of primary sulfonamides is 1. The van der Waals surface area contributed by atoms with Gasteiger partial charge in [0.15, 0.2) is 0 Å². The summed E-state index contributed by atoms with van der Waals surface area (Å²) in [5.74, 6) is 0. The predicted molar refractivity (Wildman–Crippen MR) is 69.2 cm³/mol. The Morgan fingerprint density at radius 2 is 1.82 bits per heavy atom. The van der Waals surface area contributed by atoms with Crippen LogP contribution in [0.2, 0.25) is 0 Å². The van der Waals surface area contributed by atoms with Crippen molar-refractivity contribution in [1.29, 1.82) is 0 Å². The number of sulfonamides is 1. The van der Waals surface area contributed by atoms with Gasteiger partial charge in [-0.15, -0.1) is 0 Å². The summed E-state index contributed by atoms with van der Waals surface area (Å²) in [4.78, 5) is 0.106. The molecule has 5 N–H and O–H groups in total. The molecule has 5 nitrogen and oxygen atoms in total. The van der Waals surface area contributed by atoms with E-state index >= 15 is 0 Å². The summed E-state index contributed by atoms with van der Waals surface area (Å²) in [5.41, 5.74) is 6.32. The van der Waals surface area contributed by atoms with E-state index in [-0.39, 0.29) is 10.4 Å². The fourth-order valence-corrected chi connectivity index (χ4v) is 1.88. The highest BCUT2D eigenvalue weighted by atomic mass is 32.2. The molecule has 96 valence electrons. The Morgan fingerprint density at radius 1 is 1.29 bits per heavy atom. The summed E-state index contributed by atoms with van der Waals surface area (Å²) in [6, 6.07) is 6.32. The van der Waals surface area contributed by atoms with Crippen molar-refractivity contribution in [1.82, 2.24) is 0 Å². The van der Waals surface area contributed by atoms with E-state index in [0.29, 0.717) is 6.54 Å². The fraction of sp³-hybridized carbons (Fsp3) is 0.455. The predicted octanol–water partition coefficient (Wildman–Crippen LogP) is 0.873. The molecule has 0 saturated carbocycles. The van der Waals surface area contributed by atoms with Gasteiger partial charge in [-0.25, -0.2) is 13.6 Å². The van der Waals surface area contributed by atoms with E-state index in [0.717, 1.165) is 12.1 Å². The van der Waals surface area contributed by atoms with Crippen molar-refractivity contribution < 1.29 is 8.42 Å². The zero-order chi connectivity index (χ0) is 13.1. The first-order chi connectivity index (χ1) is 7.80. The van der Waals surface area contributed by atoms with E-state index in [1.165, 1.54) is 12.1 Å². The van der Waals surface area contributed by atoms with Gasteiger partial charge in [0.2, 0.25) is 10.0 Å². The van der Waals surface area contributed by atoms with Crippen LogP contribution in [0.4, 0.5) is 5.69 Å². The van der Waals surface area contributed by atoms with Crippen LogP contribution in [0.3, 0.4) is 0 Å². The Balaban J connectivity index is 2.89. The number of hydrogen-bond donors (Lipinski definition) is 3. The summed E-state index contributed by atoms with van der Waals surface area (Å²) >= 11 is 0. The minimum Gasteiger partial charge on any atom is -0.379 e. The Labute approximate surface area is 102 Å². The molecular weight excluding hydrogens is 238 g/mol. The first-order valence-corrected chi connectivity index (χ1v) is 6.96. The normalized spacial score (nSPS) is 15.3. The first-order valence-electron chi connectivity index (χ1n) is 5.42. The molecular formula is C11H19N3O2S. The van der Waals surface area contributed by atoms with Gasteiger partial charge in [0.05, 0.1) is 4.90 Å². The molecule has 1 aromatic carbocycles. The minimum atomic E-state index is -3.63. The topological polar surface area (TPSA) is 98.2 Å². The molecule has 0 fully saturated rings. The molecule has 0 aliphatic rings. The third-order valence-corrected chi connectivity index (χ3v) is 3.79. The summed E-state index contributed by atoms with van der Waals surface area (Å²) in [7, 11) is -3.63. The molecule has 0 amide bonds. The van der Waals surface area contributed by atoms with E-state index in [1.807, 2.05) is 13.8 Å². The molecule has 1 aromatic rings. The van der Waals surface area contributed by atoms with Crippen LogP contribution in [0.25, 0.3) is 0 Å². The second-order valence-corrected chi connectivity index (χ2v) is 5.87. The monoisotopic (exact) mass is 257 g/mol. The average molecular weight is 257 g/mol. The van der Waals surface area contributed by atoms with Crippen LogP contribution >= 0.6 is 0 Å². The maximum absolute atomic E-state index is 11.1. The van der Waals surface area contributed by atoms with E-state index in [9.17, 15) is 8.42 Å². The molecule has 0 bridgehead atoms. The van der Waals surface area contributed by atoms with Crippen LogP contribution in [0.5, 0.6) is 0 Å². The van der Waals surface area contributed by atoms with Crippen molar-refractivity contribution in [3.63, 3.8) is 0 Å². The Kier molecular flexibility index (Phi) is 4.13. The lowest BCUT2D eigenvalue weighted by atomic mass is 9.99. The highest BCUT2D eigenvalue weighted by Gasteiger charge is 2.19. The zero-order valence-corrected chi connectivity index (χ0v) is 10.9. The quantitative estimate of drug-likeness (QED) is 0.729. The van der Waals surface area contributed by atoms with Crippen molar-refractivity contribution in [2.24, 2.45) is 10.9 Å². The maximum atomic E-state index is 11.1. The highest BCUT2D eigenvalue weighted by Crippen LogP contribution is 2.19. The second-order valence-electron chi connectivity index (χ2n) is 4.31. The molecule has 1 atom stereocenters. The largest absolute Gasteiger partial charge is 0.379 e. The molecule has 17 heavy (non-hydrogen) atoms. The maximum Gasteiger partial charge on any atom is 0.238 e. The third kappa shape index (κ3) is 3.69. The van der Waals surface area contributed by atoms with Gasteiger partial charge in [0.25, 0.3) is 0 Å². The molecule has 1 rings (SSSR count). The third-order valence-electron chi connectivity index (χ3n) is 2.86. The number of benzene rings is 1. The van der Waals surface area contributed by atoms with Gasteiger partial charge in [-0.05, 0) is 37.6 Å². The van der Waals surface area contributed by atoms with Crippen LogP contribution in [0, 0.1) is 0 Å². The van der Waals surface area contributed by atoms with E-state index in [4.69, 9.17) is 10.9 Å². The summed E-state index contributed by atoms with van der Waals surface area (Å²) < 4.78 is 22.2. The highest BCUT2D eigenvalue weighted by molar-refractivity contribution is 7.89. The molecule has 0 radical (unpaired) electrons. The van der Waals surface area contributed by atoms with Gasteiger partial charge < -0.3 is 11.1 Å². The lowest BCUT2D eigenvalue weighted by molar-refractivity contribution is 0.506. The van der Waals surface area contributed by atoms with E-state index < -0.39 is 10.0 Å². The number of rotatable bonds is 5. The van der Waals surface area contributed by atoms with Crippen molar-refractivity contribution in [3.8, 4) is 0 Å². The number of anilines is 1. The van der Waals surface area contributed by atoms with Gasteiger partial charge in [-0.3, -0.25) is 0 Å². The van der Waals surface area contributed by atoms with Gasteiger partial charge in [0, 0.05) is 17.8 Å². The second kappa shape index (κ2) is 5.03. The fourth-order valence-electron chi connectivity index (χ4n) is 1.36. The summed E-state index contributed by atoms with van der Waals surface area (Å²) in [6.45, 7) is 4.56. The SMILES string of the molecule is CCC(C)(CN)Nc1ccc(S(N)(=O)=O)cc1. The van der Waals surface area contributed by atoms with Crippen molar-refractivity contribution in [2.45, 2.75) is 30.7 Å². The van der Waals surface area contributed by atoms with Crippen molar-refractivity contribution in [2.75, 3.05) is 11.9 Å². The van der Waals surface area contributed by atoms with Gasteiger partial charge in [-0.1, -0.05) is 6.92 Å². The molecule has 0 aromatic heterocycles. The van der Waals surface area contributed by atoms with E-state index in [2.05, 4.69) is 5.32 Å². The molecule has 0 aliphatic heterocycles. The van der Waals surface area contributed by atoms with Crippen molar-refractivity contribution >= 4 is 15.7 Å². The van der Waals surface area contributed by atoms with Gasteiger partial charge >= 0.3 is 0 Å². The molecule has 0 aliphatic carbocycles. The summed E-state index contributed by atoms with van der Waals surface area (Å²) in [5, 5.41) is 8.29. The van der Waals surface area contributed by atoms with Gasteiger partial charge in [-0.2, -0.15) is 0 Å². The lowest BCUT2D eigenvalue weighted by Crippen LogP contribution is -2.41. The molecule has 6 heteroatoms.